The standard InChI is InChI=1S/C15H25N3O/c1-5-8-18(10-9-17(3)4)15(19)14-7-6-13(16)11-12(14)2/h6-7,11H,5,8-10,16H2,1-4H3. The predicted molar refractivity (Wildman–Crippen MR) is 80.3 cm³/mol. The van der Waals surface area contributed by atoms with Crippen molar-refractivity contribution in [2.75, 3.05) is 39.5 Å². The number of nitrogen functional groups attached to an aromatic ring is 1. The van der Waals surface area contributed by atoms with Crippen LogP contribution in [0.25, 0.3) is 0 Å². The van der Waals surface area contributed by atoms with Crippen molar-refractivity contribution in [2.24, 2.45) is 0 Å². The lowest BCUT2D eigenvalue weighted by atomic mass is 10.1. The van der Waals surface area contributed by atoms with Crippen molar-refractivity contribution >= 4 is 11.6 Å². The molecular weight excluding hydrogens is 238 g/mol. The minimum Gasteiger partial charge on any atom is -0.399 e. The van der Waals surface area contributed by atoms with E-state index < -0.39 is 0 Å². The lowest BCUT2D eigenvalue weighted by Crippen LogP contribution is -2.37. The van der Waals surface area contributed by atoms with Gasteiger partial charge in [0.1, 0.15) is 0 Å². The third-order valence-electron chi connectivity index (χ3n) is 3.08. The van der Waals surface area contributed by atoms with Gasteiger partial charge in [-0.2, -0.15) is 0 Å². The van der Waals surface area contributed by atoms with Gasteiger partial charge in [0, 0.05) is 30.9 Å². The van der Waals surface area contributed by atoms with Gasteiger partial charge in [0.15, 0.2) is 0 Å². The molecule has 1 aromatic rings. The summed E-state index contributed by atoms with van der Waals surface area (Å²) in [7, 11) is 4.03. The predicted octanol–water partition coefficient (Wildman–Crippen LogP) is 1.99. The van der Waals surface area contributed by atoms with Crippen molar-refractivity contribution < 1.29 is 4.79 Å². The van der Waals surface area contributed by atoms with Gasteiger partial charge in [-0.15, -0.1) is 0 Å². The number of carbonyl (C=O) groups is 1. The molecule has 4 heteroatoms. The molecule has 0 radical (unpaired) electrons. The third-order valence-corrected chi connectivity index (χ3v) is 3.08. The second-order valence-corrected chi connectivity index (χ2v) is 5.17. The molecule has 106 valence electrons. The van der Waals surface area contributed by atoms with Crippen molar-refractivity contribution in [3.63, 3.8) is 0 Å². The van der Waals surface area contributed by atoms with Gasteiger partial charge in [0.25, 0.3) is 5.91 Å². The Bertz CT molecular complexity index is 429. The van der Waals surface area contributed by atoms with Crippen LogP contribution < -0.4 is 5.73 Å². The van der Waals surface area contributed by atoms with Crippen molar-refractivity contribution in [3.8, 4) is 0 Å². The molecule has 2 N–H and O–H groups in total. The summed E-state index contributed by atoms with van der Waals surface area (Å²) in [5.74, 6) is 0.0983. The molecule has 19 heavy (non-hydrogen) atoms. The fourth-order valence-electron chi connectivity index (χ4n) is 2.00. The lowest BCUT2D eigenvalue weighted by Gasteiger charge is -2.24. The Kier molecular flexibility index (Phi) is 5.83. The van der Waals surface area contributed by atoms with Crippen molar-refractivity contribution in [3.05, 3.63) is 29.3 Å². The molecule has 0 saturated heterocycles. The smallest absolute Gasteiger partial charge is 0.254 e. The molecule has 0 atom stereocenters. The maximum Gasteiger partial charge on any atom is 0.254 e. The van der Waals surface area contributed by atoms with E-state index in [2.05, 4.69) is 11.8 Å². The second-order valence-electron chi connectivity index (χ2n) is 5.17. The molecule has 0 bridgehead atoms. The number of amides is 1. The number of hydrogen-bond donors (Lipinski definition) is 1. The summed E-state index contributed by atoms with van der Waals surface area (Å²) in [6.07, 6.45) is 0.965. The summed E-state index contributed by atoms with van der Waals surface area (Å²) < 4.78 is 0. The molecule has 0 unspecified atom stereocenters. The van der Waals surface area contributed by atoms with Crippen LogP contribution in [-0.4, -0.2) is 49.4 Å². The number of carbonyl (C=O) groups excluding carboxylic acids is 1. The van der Waals surface area contributed by atoms with Crippen LogP contribution in [0.3, 0.4) is 0 Å². The van der Waals surface area contributed by atoms with E-state index in [0.29, 0.717) is 5.69 Å². The molecule has 0 aliphatic rings. The van der Waals surface area contributed by atoms with Crippen LogP contribution in [0, 0.1) is 6.92 Å². The van der Waals surface area contributed by atoms with Crippen LogP contribution in [-0.2, 0) is 0 Å². The van der Waals surface area contributed by atoms with Gasteiger partial charge in [0.05, 0.1) is 0 Å². The highest BCUT2D eigenvalue weighted by molar-refractivity contribution is 5.96. The number of likely N-dealkylation sites (N-methyl/N-ethyl adjacent to an activating group) is 1. The first-order valence-electron chi connectivity index (χ1n) is 6.75. The summed E-state index contributed by atoms with van der Waals surface area (Å²) >= 11 is 0. The molecule has 1 amide bonds. The average Bonchev–Trinajstić information content (AvgIpc) is 2.33. The first-order valence-corrected chi connectivity index (χ1v) is 6.75. The molecule has 0 heterocycles. The van der Waals surface area contributed by atoms with Gasteiger partial charge in [-0.1, -0.05) is 6.92 Å². The van der Waals surface area contributed by atoms with Crippen LogP contribution in [0.4, 0.5) is 5.69 Å². The Morgan fingerprint density at radius 1 is 1.21 bits per heavy atom. The summed E-state index contributed by atoms with van der Waals surface area (Å²) in [5, 5.41) is 0. The third kappa shape index (κ3) is 4.56. The van der Waals surface area contributed by atoms with Gasteiger partial charge in [-0.05, 0) is 51.2 Å². The minimum absolute atomic E-state index is 0.0983. The van der Waals surface area contributed by atoms with Crippen molar-refractivity contribution in [2.45, 2.75) is 20.3 Å². The van der Waals surface area contributed by atoms with Gasteiger partial charge in [-0.3, -0.25) is 4.79 Å². The molecule has 1 aromatic carbocycles. The summed E-state index contributed by atoms with van der Waals surface area (Å²) in [6, 6.07) is 5.46. The molecule has 0 fully saturated rings. The van der Waals surface area contributed by atoms with E-state index >= 15 is 0 Å². The average molecular weight is 263 g/mol. The van der Waals surface area contributed by atoms with Crippen LogP contribution in [0.5, 0.6) is 0 Å². The first-order chi connectivity index (χ1) is 8.95. The quantitative estimate of drug-likeness (QED) is 0.799. The molecule has 0 aliphatic heterocycles. The normalized spacial score (nSPS) is 10.8. The Morgan fingerprint density at radius 3 is 2.42 bits per heavy atom. The van der Waals surface area contributed by atoms with Crippen LogP contribution >= 0.6 is 0 Å². The highest BCUT2D eigenvalue weighted by Gasteiger charge is 2.16. The van der Waals surface area contributed by atoms with E-state index in [1.54, 1.807) is 6.07 Å². The number of anilines is 1. The molecule has 1 rings (SSSR count). The van der Waals surface area contributed by atoms with Gasteiger partial charge < -0.3 is 15.5 Å². The number of benzene rings is 1. The fraction of sp³-hybridized carbons (Fsp3) is 0.533. The highest BCUT2D eigenvalue weighted by atomic mass is 16.2. The molecular formula is C15H25N3O. The molecule has 0 saturated carbocycles. The summed E-state index contributed by atoms with van der Waals surface area (Å²) in [6.45, 7) is 6.44. The summed E-state index contributed by atoms with van der Waals surface area (Å²) in [4.78, 5) is 16.6. The van der Waals surface area contributed by atoms with E-state index in [9.17, 15) is 4.79 Å². The Hall–Kier alpha value is -1.55. The van der Waals surface area contributed by atoms with E-state index in [1.807, 2.05) is 38.1 Å². The Labute approximate surface area is 116 Å². The van der Waals surface area contributed by atoms with Gasteiger partial charge >= 0.3 is 0 Å². The number of nitrogens with two attached hydrogens (primary N) is 1. The monoisotopic (exact) mass is 263 g/mol. The zero-order valence-corrected chi connectivity index (χ0v) is 12.4. The van der Waals surface area contributed by atoms with E-state index in [4.69, 9.17) is 5.73 Å². The van der Waals surface area contributed by atoms with Crippen LogP contribution in [0.1, 0.15) is 29.3 Å². The zero-order chi connectivity index (χ0) is 14.4. The van der Waals surface area contributed by atoms with Crippen LogP contribution in [0.2, 0.25) is 0 Å². The Morgan fingerprint density at radius 2 is 1.89 bits per heavy atom. The SMILES string of the molecule is CCCN(CCN(C)C)C(=O)c1ccc(N)cc1C. The maximum absolute atomic E-state index is 12.5. The Balaban J connectivity index is 2.85. The van der Waals surface area contributed by atoms with Gasteiger partial charge in [-0.25, -0.2) is 0 Å². The highest BCUT2D eigenvalue weighted by Crippen LogP contribution is 2.15. The molecule has 0 aliphatic carbocycles. The van der Waals surface area contributed by atoms with Gasteiger partial charge in [0.2, 0.25) is 0 Å². The zero-order valence-electron chi connectivity index (χ0n) is 12.4. The first kappa shape index (κ1) is 15.5. The van der Waals surface area contributed by atoms with E-state index in [-0.39, 0.29) is 5.91 Å². The number of hydrogen-bond acceptors (Lipinski definition) is 3. The largest absolute Gasteiger partial charge is 0.399 e. The lowest BCUT2D eigenvalue weighted by molar-refractivity contribution is 0.0744. The number of nitrogens with zero attached hydrogens (tertiary/aromatic N) is 2. The summed E-state index contributed by atoms with van der Waals surface area (Å²) in [5.41, 5.74) is 8.12. The molecule has 4 nitrogen and oxygen atoms in total. The van der Waals surface area contributed by atoms with Crippen molar-refractivity contribution in [1.82, 2.24) is 9.80 Å². The van der Waals surface area contributed by atoms with E-state index in [0.717, 1.165) is 37.2 Å². The fourth-order valence-corrected chi connectivity index (χ4v) is 2.00. The molecule has 0 aromatic heterocycles. The maximum atomic E-state index is 12.5. The number of rotatable bonds is 6. The number of aryl methyl sites for hydroxylation is 1. The second kappa shape index (κ2) is 7.14. The molecule has 0 spiro atoms. The topological polar surface area (TPSA) is 49.6 Å². The van der Waals surface area contributed by atoms with Crippen molar-refractivity contribution in [1.29, 1.82) is 0 Å². The van der Waals surface area contributed by atoms with E-state index in [1.165, 1.54) is 0 Å². The van der Waals surface area contributed by atoms with Crippen LogP contribution in [0.15, 0.2) is 18.2 Å². The minimum atomic E-state index is 0.0983.